The smallest absolute Gasteiger partial charge is 0.0292 e. The fraction of sp³-hybridized carbons (Fsp3) is 0.467. The maximum absolute atomic E-state index is 2.43. The van der Waals surface area contributed by atoms with Crippen LogP contribution in [0, 0.1) is 0 Å². The minimum atomic E-state index is 0.330. The SMILES string of the molecule is CN1C=CC2(c3ccccc3)CCCC1C2. The van der Waals surface area contributed by atoms with E-state index in [2.05, 4.69) is 54.6 Å². The van der Waals surface area contributed by atoms with Crippen LogP contribution in [0.5, 0.6) is 0 Å². The van der Waals surface area contributed by atoms with Gasteiger partial charge in [-0.25, -0.2) is 0 Å². The van der Waals surface area contributed by atoms with E-state index in [-0.39, 0.29) is 0 Å². The Hall–Kier alpha value is -1.24. The molecular formula is C15H19N. The van der Waals surface area contributed by atoms with Crippen LogP contribution in [0.15, 0.2) is 42.6 Å². The van der Waals surface area contributed by atoms with Gasteiger partial charge in [0, 0.05) is 18.5 Å². The average Bonchev–Trinajstić information content (AvgIpc) is 2.36. The van der Waals surface area contributed by atoms with Gasteiger partial charge >= 0.3 is 0 Å². The Balaban J connectivity index is 2.02. The maximum atomic E-state index is 2.43. The van der Waals surface area contributed by atoms with E-state index >= 15 is 0 Å². The number of nitrogens with zero attached hydrogens (tertiary/aromatic N) is 1. The molecule has 16 heavy (non-hydrogen) atoms. The van der Waals surface area contributed by atoms with E-state index in [9.17, 15) is 0 Å². The van der Waals surface area contributed by atoms with Crippen molar-refractivity contribution in [3.8, 4) is 0 Å². The van der Waals surface area contributed by atoms with Crippen molar-refractivity contribution < 1.29 is 0 Å². The van der Waals surface area contributed by atoms with Gasteiger partial charge in [0.05, 0.1) is 0 Å². The van der Waals surface area contributed by atoms with E-state index in [0.29, 0.717) is 5.41 Å². The molecule has 1 nitrogen and oxygen atoms in total. The number of benzene rings is 1. The van der Waals surface area contributed by atoms with Crippen LogP contribution in [0.1, 0.15) is 31.2 Å². The van der Waals surface area contributed by atoms with Crippen molar-refractivity contribution in [2.45, 2.75) is 37.1 Å². The third kappa shape index (κ3) is 1.46. The number of rotatable bonds is 1. The Bertz CT molecular complexity index is 395. The molecule has 1 aromatic carbocycles. The highest BCUT2D eigenvalue weighted by Gasteiger charge is 2.39. The fourth-order valence-electron chi connectivity index (χ4n) is 3.29. The lowest BCUT2D eigenvalue weighted by molar-refractivity contribution is 0.179. The van der Waals surface area contributed by atoms with E-state index in [0.717, 1.165) is 6.04 Å². The van der Waals surface area contributed by atoms with Gasteiger partial charge in [-0.15, -0.1) is 0 Å². The molecule has 2 atom stereocenters. The fourth-order valence-corrected chi connectivity index (χ4v) is 3.29. The van der Waals surface area contributed by atoms with Gasteiger partial charge in [0.2, 0.25) is 0 Å². The Morgan fingerprint density at radius 3 is 2.88 bits per heavy atom. The molecule has 0 spiro atoms. The third-order valence-corrected chi connectivity index (χ3v) is 4.31. The molecule has 0 saturated heterocycles. The van der Waals surface area contributed by atoms with Crippen molar-refractivity contribution in [3.63, 3.8) is 0 Å². The quantitative estimate of drug-likeness (QED) is 0.691. The van der Waals surface area contributed by atoms with E-state index in [1.165, 1.54) is 31.2 Å². The van der Waals surface area contributed by atoms with Gasteiger partial charge in [-0.3, -0.25) is 0 Å². The molecule has 1 heteroatoms. The van der Waals surface area contributed by atoms with Gasteiger partial charge in [0.1, 0.15) is 0 Å². The molecule has 3 rings (SSSR count). The first-order valence-electron chi connectivity index (χ1n) is 6.27. The van der Waals surface area contributed by atoms with Crippen molar-refractivity contribution in [3.05, 3.63) is 48.2 Å². The summed E-state index contributed by atoms with van der Waals surface area (Å²) in [5, 5.41) is 0. The van der Waals surface area contributed by atoms with Gasteiger partial charge in [0.15, 0.2) is 0 Å². The Morgan fingerprint density at radius 2 is 2.06 bits per heavy atom. The van der Waals surface area contributed by atoms with E-state index < -0.39 is 0 Å². The second kappa shape index (κ2) is 3.65. The Morgan fingerprint density at radius 1 is 1.25 bits per heavy atom. The molecule has 1 fully saturated rings. The summed E-state index contributed by atoms with van der Waals surface area (Å²) in [6.45, 7) is 0. The minimum absolute atomic E-state index is 0.330. The molecular weight excluding hydrogens is 194 g/mol. The third-order valence-electron chi connectivity index (χ3n) is 4.31. The molecule has 0 aromatic heterocycles. The monoisotopic (exact) mass is 213 g/mol. The predicted molar refractivity (Wildman–Crippen MR) is 67.3 cm³/mol. The summed E-state index contributed by atoms with van der Waals surface area (Å²) in [5.74, 6) is 0. The molecule has 0 amide bonds. The Kier molecular flexibility index (Phi) is 2.27. The molecule has 1 aliphatic heterocycles. The zero-order valence-corrected chi connectivity index (χ0v) is 9.89. The van der Waals surface area contributed by atoms with Crippen LogP contribution in [0.25, 0.3) is 0 Å². The number of hydrogen-bond acceptors (Lipinski definition) is 1. The highest BCUT2D eigenvalue weighted by Crippen LogP contribution is 2.44. The molecule has 0 N–H and O–H groups in total. The van der Waals surface area contributed by atoms with Crippen molar-refractivity contribution in [2.75, 3.05) is 7.05 Å². The summed E-state index contributed by atoms with van der Waals surface area (Å²) in [4.78, 5) is 2.39. The van der Waals surface area contributed by atoms with Gasteiger partial charge in [-0.2, -0.15) is 0 Å². The second-order valence-corrected chi connectivity index (χ2v) is 5.25. The van der Waals surface area contributed by atoms with Crippen LogP contribution in [0.3, 0.4) is 0 Å². The van der Waals surface area contributed by atoms with Crippen molar-refractivity contribution >= 4 is 0 Å². The molecule has 2 bridgehead atoms. The highest BCUT2D eigenvalue weighted by atomic mass is 15.1. The largest absolute Gasteiger partial charge is 0.378 e. The molecule has 0 radical (unpaired) electrons. The summed E-state index contributed by atoms with van der Waals surface area (Å²) >= 11 is 0. The van der Waals surface area contributed by atoms with Crippen LogP contribution >= 0.6 is 0 Å². The van der Waals surface area contributed by atoms with E-state index in [1.54, 1.807) is 0 Å². The number of hydrogen-bond donors (Lipinski definition) is 0. The average molecular weight is 213 g/mol. The maximum Gasteiger partial charge on any atom is 0.0292 e. The molecule has 1 heterocycles. The van der Waals surface area contributed by atoms with Crippen LogP contribution < -0.4 is 0 Å². The summed E-state index contributed by atoms with van der Waals surface area (Å²) < 4.78 is 0. The highest BCUT2D eigenvalue weighted by molar-refractivity contribution is 5.33. The van der Waals surface area contributed by atoms with Crippen molar-refractivity contribution in [2.24, 2.45) is 0 Å². The van der Waals surface area contributed by atoms with Crippen molar-refractivity contribution in [1.82, 2.24) is 4.90 Å². The van der Waals surface area contributed by atoms with Crippen LogP contribution in [-0.2, 0) is 5.41 Å². The standard InChI is InChI=1S/C15H19N/c1-16-11-10-15(9-5-8-14(16)12-15)13-6-3-2-4-7-13/h2-4,6-7,10-11,14H,5,8-9,12H2,1H3. The first kappa shape index (κ1) is 9.95. The topological polar surface area (TPSA) is 3.24 Å². The van der Waals surface area contributed by atoms with Crippen molar-refractivity contribution in [1.29, 1.82) is 0 Å². The lowest BCUT2D eigenvalue weighted by Crippen LogP contribution is -2.43. The number of fused-ring (bicyclic) bond motifs is 2. The molecule has 2 aliphatic rings. The van der Waals surface area contributed by atoms with Crippen LogP contribution in [0.2, 0.25) is 0 Å². The zero-order chi connectivity index (χ0) is 11.0. The van der Waals surface area contributed by atoms with Crippen LogP contribution in [0.4, 0.5) is 0 Å². The van der Waals surface area contributed by atoms with E-state index in [1.807, 2.05) is 0 Å². The first-order chi connectivity index (χ1) is 7.80. The van der Waals surface area contributed by atoms with E-state index in [4.69, 9.17) is 0 Å². The Labute approximate surface area is 97.8 Å². The lowest BCUT2D eigenvalue weighted by Gasteiger charge is -2.46. The van der Waals surface area contributed by atoms with Crippen LogP contribution in [-0.4, -0.2) is 18.0 Å². The van der Waals surface area contributed by atoms with Gasteiger partial charge in [0.25, 0.3) is 0 Å². The molecule has 2 unspecified atom stereocenters. The predicted octanol–water partition coefficient (Wildman–Crippen LogP) is 3.33. The normalized spacial score (nSPS) is 32.8. The summed E-state index contributed by atoms with van der Waals surface area (Å²) in [7, 11) is 2.21. The minimum Gasteiger partial charge on any atom is -0.378 e. The molecule has 1 aromatic rings. The lowest BCUT2D eigenvalue weighted by atomic mass is 9.66. The van der Waals surface area contributed by atoms with Gasteiger partial charge in [-0.05, 0) is 31.0 Å². The van der Waals surface area contributed by atoms with Gasteiger partial charge in [-0.1, -0.05) is 42.8 Å². The zero-order valence-electron chi connectivity index (χ0n) is 9.89. The molecule has 1 saturated carbocycles. The second-order valence-electron chi connectivity index (χ2n) is 5.25. The molecule has 84 valence electrons. The first-order valence-corrected chi connectivity index (χ1v) is 6.27. The van der Waals surface area contributed by atoms with Gasteiger partial charge < -0.3 is 4.90 Å². The summed E-state index contributed by atoms with van der Waals surface area (Å²) in [6, 6.07) is 11.8. The summed E-state index contributed by atoms with van der Waals surface area (Å²) in [6.07, 6.45) is 10.0. The summed E-state index contributed by atoms with van der Waals surface area (Å²) in [5.41, 5.74) is 1.83. The molecule has 1 aliphatic carbocycles. The number of allylic oxidation sites excluding steroid dienone is 1.